The molecule has 16 nitrogen and oxygen atoms in total. The van der Waals surface area contributed by atoms with Crippen LogP contribution in [0.15, 0.2) is 72.8 Å². The van der Waals surface area contributed by atoms with Crippen molar-refractivity contribution in [3.8, 4) is 0 Å². The molecule has 0 radical (unpaired) electrons. The van der Waals surface area contributed by atoms with Crippen LogP contribution in [0.5, 0.6) is 0 Å². The van der Waals surface area contributed by atoms with E-state index in [1.807, 2.05) is 31.2 Å². The quantitative estimate of drug-likeness (QED) is 0.0286. The third-order valence-corrected chi connectivity index (χ3v) is 29.7. The lowest BCUT2D eigenvalue weighted by Crippen LogP contribution is -2.55. The standard InChI is InChI=1S/C32H49ClN4O4Si2.C26H35ClN4O4Si/c1-21-25(18-19-26(34-9)27(21)33)35-28(22(2)41-43(12,13)32(6,7)8)30(39)37-36-29(38)24-16-14-23(15-17-24)20-40-42(10,11)31(3,4)5;1-16-20(13-14-21(28-6)22(16)27)29-23(17(2)32)25(34)31-30-24(33)19-11-9-18(10-12-19)15-35-36(7,8)26(3,4)5/h14-19,22,28,35H,20H2,1-8,10-13H3,(H,36,38)(H,37,39);9-14,17,23,29,32H,15H2,1-5,7-8H3,(H,30,33)(H,31,34)/t22-,28+;17-,23+/m00/s1. The van der Waals surface area contributed by atoms with Crippen LogP contribution in [0.1, 0.15) is 119 Å². The van der Waals surface area contributed by atoms with E-state index in [0.29, 0.717) is 63.2 Å². The summed E-state index contributed by atoms with van der Waals surface area (Å²) in [6.07, 6.45) is -1.63. The van der Waals surface area contributed by atoms with Crippen molar-refractivity contribution in [1.82, 2.24) is 21.7 Å². The molecule has 0 aliphatic rings. The number of benzene rings is 4. The molecule has 21 heteroatoms. The van der Waals surface area contributed by atoms with Crippen LogP contribution in [-0.4, -0.2) is 78.0 Å². The van der Waals surface area contributed by atoms with Gasteiger partial charge in [-0.1, -0.05) is 122 Å². The summed E-state index contributed by atoms with van der Waals surface area (Å²) in [4.78, 5) is 58.6. The zero-order valence-electron chi connectivity index (χ0n) is 49.6. The lowest BCUT2D eigenvalue weighted by molar-refractivity contribution is -0.125. The van der Waals surface area contributed by atoms with Crippen molar-refractivity contribution in [2.45, 2.75) is 182 Å². The first kappa shape index (κ1) is 67.7. The zero-order valence-corrected chi connectivity index (χ0v) is 54.1. The van der Waals surface area contributed by atoms with Crippen LogP contribution in [0, 0.1) is 27.0 Å². The second-order valence-electron chi connectivity index (χ2n) is 24.3. The van der Waals surface area contributed by atoms with Gasteiger partial charge in [0.1, 0.15) is 12.1 Å². The number of carbonyl (C=O) groups is 4. The normalized spacial score (nSPS) is 13.7. The summed E-state index contributed by atoms with van der Waals surface area (Å²) in [5.41, 5.74) is 15.5. The maximum atomic E-state index is 13.5. The van der Waals surface area contributed by atoms with Gasteiger partial charge in [-0.25, -0.2) is 9.69 Å². The van der Waals surface area contributed by atoms with E-state index < -0.39 is 72.9 Å². The van der Waals surface area contributed by atoms with Gasteiger partial charge >= 0.3 is 0 Å². The van der Waals surface area contributed by atoms with Gasteiger partial charge in [-0.3, -0.25) is 40.9 Å². The van der Waals surface area contributed by atoms with Crippen LogP contribution in [0.4, 0.5) is 22.7 Å². The van der Waals surface area contributed by atoms with E-state index >= 15 is 0 Å². The Morgan fingerprint density at radius 3 is 1.19 bits per heavy atom. The number of carbonyl (C=O) groups excluding carboxylic acids is 4. The molecular weight excluding hydrogens is 1090 g/mol. The van der Waals surface area contributed by atoms with E-state index in [2.05, 4.69) is 144 Å². The maximum Gasteiger partial charge on any atom is 0.269 e. The van der Waals surface area contributed by atoms with Crippen molar-refractivity contribution in [2.75, 3.05) is 10.6 Å². The summed E-state index contributed by atoms with van der Waals surface area (Å²) < 4.78 is 19.1. The predicted molar refractivity (Wildman–Crippen MR) is 327 cm³/mol. The van der Waals surface area contributed by atoms with Crippen LogP contribution in [0.3, 0.4) is 0 Å². The first-order chi connectivity index (χ1) is 36.3. The van der Waals surface area contributed by atoms with E-state index in [4.69, 9.17) is 49.6 Å². The second-order valence-corrected chi connectivity index (χ2v) is 39.4. The van der Waals surface area contributed by atoms with Crippen molar-refractivity contribution in [1.29, 1.82) is 0 Å². The minimum atomic E-state index is -2.25. The Kier molecular flexibility index (Phi) is 23.8. The molecule has 0 saturated heterocycles. The molecule has 4 atom stereocenters. The van der Waals surface area contributed by atoms with Crippen LogP contribution in [0.2, 0.25) is 64.4 Å². The van der Waals surface area contributed by atoms with Crippen molar-refractivity contribution in [3.05, 3.63) is 139 Å². The van der Waals surface area contributed by atoms with E-state index in [1.165, 1.54) is 13.0 Å². The van der Waals surface area contributed by atoms with Crippen molar-refractivity contribution in [3.63, 3.8) is 0 Å². The van der Waals surface area contributed by atoms with Crippen molar-refractivity contribution < 1.29 is 37.6 Å². The zero-order chi connectivity index (χ0) is 60.2. The molecule has 4 aromatic carbocycles. The highest BCUT2D eigenvalue weighted by Crippen LogP contribution is 2.40. The van der Waals surface area contributed by atoms with E-state index in [1.54, 1.807) is 56.3 Å². The lowest BCUT2D eigenvalue weighted by atomic mass is 10.1. The fraction of sp³-hybridized carbons (Fsp3) is 0.483. The molecule has 0 saturated carbocycles. The van der Waals surface area contributed by atoms with E-state index in [0.717, 1.165) is 11.1 Å². The third-order valence-electron chi connectivity index (χ3n) is 15.2. The molecule has 0 spiro atoms. The Morgan fingerprint density at radius 2 is 0.873 bits per heavy atom. The number of halogens is 2. The van der Waals surface area contributed by atoms with Gasteiger partial charge < -0.3 is 29.0 Å². The Balaban J connectivity index is 0.000000422. The molecule has 0 bridgehead atoms. The SMILES string of the molecule is [C-]#[N+]c1ccc(N[C@@H](C(=O)NNC(=O)c2ccc(CO[Si](C)(C)C(C)(C)C)cc2)[C@H](C)O)c(C)c1Cl.[C-]#[N+]c1ccc(N[C@@H](C(=O)NNC(=O)c2ccc(CO[Si](C)(C)C(C)(C)C)cc2)[C@H](C)O[Si](C)(C)C(C)(C)C)c(C)c1Cl. The number of hydrogen-bond donors (Lipinski definition) is 7. The van der Waals surface area contributed by atoms with E-state index in [9.17, 15) is 24.3 Å². The van der Waals surface area contributed by atoms with Crippen molar-refractivity contribution >= 4 is 94.5 Å². The van der Waals surface area contributed by atoms with E-state index in [-0.39, 0.29) is 20.1 Å². The summed E-state index contributed by atoms with van der Waals surface area (Å²) in [7, 11) is -6.02. The molecule has 0 unspecified atom stereocenters. The minimum Gasteiger partial charge on any atom is -0.413 e. The first-order valence-electron chi connectivity index (χ1n) is 26.2. The largest absolute Gasteiger partial charge is 0.413 e. The Morgan fingerprint density at radius 1 is 0.544 bits per heavy atom. The molecular formula is C58H84Cl2N8O8Si3. The number of amides is 4. The topological polar surface area (TPSA) is 197 Å². The monoisotopic (exact) mass is 1170 g/mol. The molecule has 0 aromatic heterocycles. The number of aliphatic hydroxyl groups is 1. The summed E-state index contributed by atoms with van der Waals surface area (Å²) in [5, 5.41) is 17.1. The summed E-state index contributed by atoms with van der Waals surface area (Å²) in [5.74, 6) is -2.04. The van der Waals surface area contributed by atoms with Gasteiger partial charge in [-0.15, -0.1) is 0 Å². The fourth-order valence-electron chi connectivity index (χ4n) is 6.67. The number of aliphatic hydroxyl groups excluding tert-OH is 1. The number of rotatable bonds is 18. The number of anilines is 2. The fourth-order valence-corrected chi connectivity index (χ4v) is 10.4. The second kappa shape index (κ2) is 27.7. The van der Waals surface area contributed by atoms with Gasteiger partial charge in [0.05, 0.1) is 48.6 Å². The van der Waals surface area contributed by atoms with Gasteiger partial charge in [0.2, 0.25) is 11.4 Å². The highest BCUT2D eigenvalue weighted by Gasteiger charge is 2.42. The third kappa shape index (κ3) is 18.7. The summed E-state index contributed by atoms with van der Waals surface area (Å²) in [6, 6.07) is 18.7. The molecule has 430 valence electrons. The maximum absolute atomic E-state index is 13.5. The molecule has 4 amide bonds. The number of hydrogen-bond acceptors (Lipinski definition) is 10. The van der Waals surface area contributed by atoms with Gasteiger partial charge in [-0.05, 0) is 141 Å². The van der Waals surface area contributed by atoms with Crippen molar-refractivity contribution in [2.24, 2.45) is 0 Å². The Hall–Kier alpha value is -5.59. The molecule has 0 aliphatic heterocycles. The molecule has 0 heterocycles. The smallest absolute Gasteiger partial charge is 0.269 e. The minimum absolute atomic E-state index is 0.0745. The van der Waals surface area contributed by atoms with Crippen LogP contribution < -0.4 is 32.3 Å². The average molecular weight is 1180 g/mol. The van der Waals surface area contributed by atoms with Crippen LogP contribution in [-0.2, 0) is 36.1 Å². The Bertz CT molecular complexity index is 2870. The van der Waals surface area contributed by atoms with Gasteiger partial charge in [0.25, 0.3) is 23.6 Å². The molecule has 79 heavy (non-hydrogen) atoms. The lowest BCUT2D eigenvalue weighted by Gasteiger charge is -2.40. The van der Waals surface area contributed by atoms with Gasteiger partial charge in [-0.2, -0.15) is 0 Å². The summed E-state index contributed by atoms with van der Waals surface area (Å²) in [6.45, 7) is 54.8. The number of nitrogens with one attached hydrogen (secondary N) is 6. The molecule has 0 fully saturated rings. The number of nitrogens with zero attached hydrogens (tertiary/aromatic N) is 2. The highest BCUT2D eigenvalue weighted by molar-refractivity contribution is 6.75. The van der Waals surface area contributed by atoms with Crippen LogP contribution >= 0.6 is 23.2 Å². The predicted octanol–water partition coefficient (Wildman–Crippen LogP) is 13.7. The first-order valence-corrected chi connectivity index (χ1v) is 35.7. The van der Waals surface area contributed by atoms with Gasteiger partial charge in [0, 0.05) is 22.5 Å². The average Bonchev–Trinajstić information content (AvgIpc) is 3.36. The highest BCUT2D eigenvalue weighted by atomic mass is 35.5. The molecule has 4 aromatic rings. The Labute approximate surface area is 482 Å². The molecule has 7 N–H and O–H groups in total. The van der Waals surface area contributed by atoms with Gasteiger partial charge in [0.15, 0.2) is 25.0 Å². The summed E-state index contributed by atoms with van der Waals surface area (Å²) >= 11 is 12.6. The van der Waals surface area contributed by atoms with Crippen LogP contribution in [0.25, 0.3) is 9.69 Å². The molecule has 4 rings (SSSR count). The number of hydrazine groups is 2. The molecule has 0 aliphatic carbocycles.